The minimum absolute atomic E-state index is 0.130. The molecule has 0 aromatic carbocycles. The molecule has 13 nitrogen and oxygen atoms in total. The summed E-state index contributed by atoms with van der Waals surface area (Å²) >= 11 is 0. The zero-order valence-corrected chi connectivity index (χ0v) is 18.6. The van der Waals surface area contributed by atoms with E-state index in [1.165, 1.54) is 4.31 Å². The topological polar surface area (TPSA) is 198 Å². The molecule has 180 valence electrons. The summed E-state index contributed by atoms with van der Waals surface area (Å²) in [7, 11) is -4.72. The van der Waals surface area contributed by atoms with Gasteiger partial charge in [-0.3, -0.25) is 14.4 Å². The van der Waals surface area contributed by atoms with Crippen LogP contribution < -0.4 is 15.8 Å². The number of aliphatic carboxylic acids is 2. The second-order valence-electron chi connectivity index (χ2n) is 8.99. The van der Waals surface area contributed by atoms with Crippen LogP contribution in [0.4, 0.5) is 0 Å². The summed E-state index contributed by atoms with van der Waals surface area (Å²) in [4.78, 5) is 34.4. The molecule has 32 heavy (non-hydrogen) atoms. The molecule has 0 aromatic rings. The van der Waals surface area contributed by atoms with E-state index in [2.05, 4.69) is 10.0 Å². The summed E-state index contributed by atoms with van der Waals surface area (Å²) in [5, 5.41) is 21.1. The lowest BCUT2D eigenvalue weighted by Crippen LogP contribution is -2.59. The number of carboxylic acid groups (broad SMARTS) is 2. The Bertz CT molecular complexity index is 848. The molecular formula is C17H29BN4O9S. The summed E-state index contributed by atoms with van der Waals surface area (Å²) in [6, 6.07) is -0.130. The van der Waals surface area contributed by atoms with Crippen LogP contribution in [0.5, 0.6) is 0 Å². The van der Waals surface area contributed by atoms with Crippen LogP contribution in [0, 0.1) is 5.92 Å². The van der Waals surface area contributed by atoms with E-state index in [9.17, 15) is 22.8 Å². The quantitative estimate of drug-likeness (QED) is 0.206. The van der Waals surface area contributed by atoms with Gasteiger partial charge in [-0.25, -0.2) is 0 Å². The largest absolute Gasteiger partial charge is 0.528 e. The Kier molecular flexibility index (Phi) is 7.17. The lowest BCUT2D eigenvalue weighted by Gasteiger charge is -2.30. The lowest BCUT2D eigenvalue weighted by atomic mass is 9.78. The van der Waals surface area contributed by atoms with Crippen molar-refractivity contribution in [2.45, 2.75) is 56.1 Å². The Hall–Kier alpha value is -1.78. The molecule has 3 aliphatic heterocycles. The van der Waals surface area contributed by atoms with E-state index in [-0.39, 0.29) is 31.4 Å². The fourth-order valence-corrected chi connectivity index (χ4v) is 5.83. The van der Waals surface area contributed by atoms with E-state index in [1.54, 1.807) is 6.92 Å². The number of rotatable bonds is 11. The molecule has 3 saturated heterocycles. The standard InChI is InChI=1S/C17H29BN4O9S/c1-16(19)10-22(32(28,29)21-12-7-20-8-12)9-11(16)3-2-4-18-30-15(27)17(31-18,5-13(23)24)6-14(25)26/h11-12,20-21H,2-10,19H2,1H3,(H,23,24)(H,25,26)/t11-,16-/m0/s1. The number of carbonyl (C=O) groups excluding carboxylic acids is 1. The van der Waals surface area contributed by atoms with Gasteiger partial charge in [-0.1, -0.05) is 6.42 Å². The van der Waals surface area contributed by atoms with Crippen molar-refractivity contribution in [1.29, 1.82) is 0 Å². The maximum atomic E-state index is 12.6. The Labute approximate surface area is 186 Å². The monoisotopic (exact) mass is 476 g/mol. The van der Waals surface area contributed by atoms with Crippen LogP contribution >= 0.6 is 0 Å². The van der Waals surface area contributed by atoms with Crippen LogP contribution in [-0.4, -0.2) is 91.3 Å². The fourth-order valence-electron chi connectivity index (χ4n) is 4.27. The molecule has 0 aromatic heterocycles. The zero-order valence-electron chi connectivity index (χ0n) is 17.8. The van der Waals surface area contributed by atoms with Crippen molar-refractivity contribution < 1.29 is 42.3 Å². The van der Waals surface area contributed by atoms with Crippen molar-refractivity contribution in [2.24, 2.45) is 11.7 Å². The molecule has 0 saturated carbocycles. The van der Waals surface area contributed by atoms with Gasteiger partial charge >= 0.3 is 25.0 Å². The summed E-state index contributed by atoms with van der Waals surface area (Å²) < 4.78 is 39.7. The molecule has 0 unspecified atom stereocenters. The number of hydrogen-bond donors (Lipinski definition) is 5. The Balaban J connectivity index is 1.53. The van der Waals surface area contributed by atoms with Crippen LogP contribution in [0.15, 0.2) is 0 Å². The highest BCUT2D eigenvalue weighted by Gasteiger charge is 2.55. The molecule has 3 fully saturated rings. The molecule has 3 aliphatic rings. The van der Waals surface area contributed by atoms with Gasteiger partial charge in [-0.15, -0.1) is 0 Å². The van der Waals surface area contributed by atoms with Gasteiger partial charge in [0.15, 0.2) is 5.60 Å². The van der Waals surface area contributed by atoms with Gasteiger partial charge in [-0.05, 0) is 25.6 Å². The van der Waals surface area contributed by atoms with Gasteiger partial charge in [0, 0.05) is 37.8 Å². The third-order valence-corrected chi connectivity index (χ3v) is 7.73. The van der Waals surface area contributed by atoms with Crippen molar-refractivity contribution in [3.8, 4) is 0 Å². The fraction of sp³-hybridized carbons (Fsp3) is 0.824. The molecule has 3 heterocycles. The minimum Gasteiger partial charge on any atom is -0.507 e. The molecule has 0 spiro atoms. The first kappa shape index (κ1) is 24.9. The van der Waals surface area contributed by atoms with Crippen LogP contribution in [0.2, 0.25) is 6.32 Å². The van der Waals surface area contributed by atoms with E-state index in [1.807, 2.05) is 0 Å². The first-order valence-corrected chi connectivity index (χ1v) is 11.9. The third kappa shape index (κ3) is 5.58. The summed E-state index contributed by atoms with van der Waals surface area (Å²) in [6.45, 7) is 3.37. The number of carboxylic acids is 2. The van der Waals surface area contributed by atoms with Crippen molar-refractivity contribution in [1.82, 2.24) is 14.3 Å². The summed E-state index contributed by atoms with van der Waals surface area (Å²) in [6.07, 6.45) is -0.438. The van der Waals surface area contributed by atoms with E-state index < -0.39 is 59.2 Å². The number of nitrogens with two attached hydrogens (primary N) is 1. The first-order valence-electron chi connectivity index (χ1n) is 10.4. The van der Waals surface area contributed by atoms with E-state index in [0.717, 1.165) is 0 Å². The molecule has 6 N–H and O–H groups in total. The van der Waals surface area contributed by atoms with Gasteiger partial charge in [0.1, 0.15) is 0 Å². The van der Waals surface area contributed by atoms with Crippen molar-refractivity contribution in [3.05, 3.63) is 0 Å². The van der Waals surface area contributed by atoms with Crippen molar-refractivity contribution in [3.63, 3.8) is 0 Å². The molecule has 0 radical (unpaired) electrons. The van der Waals surface area contributed by atoms with Gasteiger partial charge in [0.05, 0.1) is 12.8 Å². The van der Waals surface area contributed by atoms with Crippen LogP contribution in [0.25, 0.3) is 0 Å². The van der Waals surface area contributed by atoms with Crippen molar-refractivity contribution in [2.75, 3.05) is 26.2 Å². The predicted molar refractivity (Wildman–Crippen MR) is 111 cm³/mol. The highest BCUT2D eigenvalue weighted by molar-refractivity contribution is 7.87. The predicted octanol–water partition coefficient (Wildman–Crippen LogP) is -2.03. The third-order valence-electron chi connectivity index (χ3n) is 6.14. The molecule has 0 bridgehead atoms. The highest BCUT2D eigenvalue weighted by atomic mass is 32.2. The number of nitrogens with zero attached hydrogens (tertiary/aromatic N) is 1. The second kappa shape index (κ2) is 9.23. The first-order chi connectivity index (χ1) is 14.8. The maximum absolute atomic E-state index is 12.6. The normalized spacial score (nSPS) is 28.5. The average molecular weight is 476 g/mol. The molecule has 3 rings (SSSR count). The highest BCUT2D eigenvalue weighted by Crippen LogP contribution is 2.34. The van der Waals surface area contributed by atoms with Crippen LogP contribution in [0.3, 0.4) is 0 Å². The number of nitrogens with one attached hydrogen (secondary N) is 2. The van der Waals surface area contributed by atoms with Crippen LogP contribution in [-0.2, 0) is 33.9 Å². The van der Waals surface area contributed by atoms with E-state index in [4.69, 9.17) is 25.3 Å². The smallest absolute Gasteiger partial charge is 0.507 e. The Morgan fingerprint density at radius 2 is 1.94 bits per heavy atom. The number of carbonyl (C=O) groups is 3. The van der Waals surface area contributed by atoms with Crippen molar-refractivity contribution >= 4 is 35.2 Å². The Morgan fingerprint density at radius 1 is 1.31 bits per heavy atom. The summed E-state index contributed by atoms with van der Waals surface area (Å²) in [5.41, 5.74) is 3.56. The van der Waals surface area contributed by atoms with E-state index in [0.29, 0.717) is 25.9 Å². The molecule has 0 amide bonds. The van der Waals surface area contributed by atoms with E-state index >= 15 is 0 Å². The minimum atomic E-state index is -3.65. The van der Waals surface area contributed by atoms with Gasteiger partial charge < -0.3 is 30.6 Å². The Morgan fingerprint density at radius 3 is 2.47 bits per heavy atom. The number of hydrogen-bond acceptors (Lipinski definition) is 9. The van der Waals surface area contributed by atoms with Gasteiger partial charge in [0.2, 0.25) is 0 Å². The lowest BCUT2D eigenvalue weighted by molar-refractivity contribution is -0.157. The average Bonchev–Trinajstić information content (AvgIpc) is 3.07. The van der Waals surface area contributed by atoms with Crippen LogP contribution in [0.1, 0.15) is 32.6 Å². The summed E-state index contributed by atoms with van der Waals surface area (Å²) in [5.74, 6) is -3.91. The van der Waals surface area contributed by atoms with Gasteiger partial charge in [-0.2, -0.15) is 17.4 Å². The molecule has 2 atom stereocenters. The molecule has 0 aliphatic carbocycles. The second-order valence-corrected chi connectivity index (χ2v) is 10.7. The SMILES string of the molecule is C[C@]1(N)CN(S(=O)(=O)NC2CNC2)C[C@@H]1CCCB1OC(=O)C(CC(=O)O)(CC(=O)O)O1. The van der Waals surface area contributed by atoms with Gasteiger partial charge in [0.25, 0.3) is 10.2 Å². The molecule has 15 heteroatoms. The zero-order chi connectivity index (χ0) is 23.7. The maximum Gasteiger partial charge on any atom is 0.528 e. The molecular weight excluding hydrogens is 447 g/mol.